The molecule has 0 saturated carbocycles. The van der Waals surface area contributed by atoms with Crippen molar-refractivity contribution in [3.63, 3.8) is 0 Å². The number of hydrogen-bond donors (Lipinski definition) is 2. The van der Waals surface area contributed by atoms with E-state index in [2.05, 4.69) is 10.6 Å². The summed E-state index contributed by atoms with van der Waals surface area (Å²) in [4.78, 5) is 23.4. The van der Waals surface area contributed by atoms with Crippen molar-refractivity contribution in [2.75, 3.05) is 11.9 Å². The van der Waals surface area contributed by atoms with Crippen LogP contribution in [0.2, 0.25) is 10.0 Å². The predicted molar refractivity (Wildman–Crippen MR) is 98.0 cm³/mol. The monoisotopic (exact) mass is 364 g/mol. The van der Waals surface area contributed by atoms with Gasteiger partial charge in [-0.3, -0.25) is 9.59 Å². The molecule has 2 aromatic carbocycles. The summed E-state index contributed by atoms with van der Waals surface area (Å²) < 4.78 is 0. The number of Topliss-reactive ketones (excluding diaryl/α,β-unsaturated/α-hetero) is 1. The second-order valence-corrected chi connectivity index (χ2v) is 6.30. The van der Waals surface area contributed by atoms with E-state index in [1.54, 1.807) is 36.4 Å². The molecule has 0 bridgehead atoms. The first-order valence-electron chi connectivity index (χ1n) is 7.46. The summed E-state index contributed by atoms with van der Waals surface area (Å²) in [5.41, 5.74) is 2.01. The van der Waals surface area contributed by atoms with Gasteiger partial charge in [-0.2, -0.15) is 0 Å². The van der Waals surface area contributed by atoms with Crippen LogP contribution in [0.4, 0.5) is 5.69 Å². The molecule has 0 aliphatic heterocycles. The quantitative estimate of drug-likeness (QED) is 0.742. The van der Waals surface area contributed by atoms with Gasteiger partial charge >= 0.3 is 0 Å². The third kappa shape index (κ3) is 5.06. The van der Waals surface area contributed by atoms with Crippen molar-refractivity contribution in [1.29, 1.82) is 0 Å². The van der Waals surface area contributed by atoms with E-state index in [1.807, 2.05) is 13.0 Å². The van der Waals surface area contributed by atoms with E-state index in [0.29, 0.717) is 21.3 Å². The third-order valence-corrected chi connectivity index (χ3v) is 4.11. The van der Waals surface area contributed by atoms with Crippen LogP contribution >= 0.6 is 23.2 Å². The molecule has 0 saturated heterocycles. The van der Waals surface area contributed by atoms with Crippen LogP contribution in [0.1, 0.15) is 35.8 Å². The van der Waals surface area contributed by atoms with Crippen LogP contribution in [0.3, 0.4) is 0 Å². The van der Waals surface area contributed by atoms with Gasteiger partial charge in [-0.1, -0.05) is 41.4 Å². The first-order chi connectivity index (χ1) is 11.4. The van der Waals surface area contributed by atoms with Crippen LogP contribution in [-0.2, 0) is 4.79 Å². The Labute approximate surface area is 151 Å². The predicted octanol–water partition coefficient (Wildman–Crippen LogP) is 4.49. The first kappa shape index (κ1) is 18.5. The lowest BCUT2D eigenvalue weighted by Crippen LogP contribution is -2.30. The fourth-order valence-corrected chi connectivity index (χ4v) is 2.80. The van der Waals surface area contributed by atoms with E-state index >= 15 is 0 Å². The van der Waals surface area contributed by atoms with Gasteiger partial charge in [-0.05, 0) is 43.7 Å². The van der Waals surface area contributed by atoms with Gasteiger partial charge in [0, 0.05) is 27.3 Å². The van der Waals surface area contributed by atoms with Gasteiger partial charge in [0.15, 0.2) is 5.78 Å². The van der Waals surface area contributed by atoms with Gasteiger partial charge in [0.2, 0.25) is 5.91 Å². The van der Waals surface area contributed by atoms with Crippen LogP contribution in [0.25, 0.3) is 0 Å². The summed E-state index contributed by atoms with van der Waals surface area (Å²) >= 11 is 12.0. The molecule has 24 heavy (non-hydrogen) atoms. The zero-order chi connectivity index (χ0) is 17.7. The number of carbonyl (C=O) groups is 2. The normalized spacial score (nSPS) is 11.8. The molecule has 1 amide bonds. The molecule has 0 aliphatic carbocycles. The maximum atomic E-state index is 12.1. The van der Waals surface area contributed by atoms with Crippen LogP contribution in [0.15, 0.2) is 42.5 Å². The highest BCUT2D eigenvalue weighted by Gasteiger charge is 2.12. The summed E-state index contributed by atoms with van der Waals surface area (Å²) in [5.74, 6) is -0.247. The molecule has 2 N–H and O–H groups in total. The number of carbonyl (C=O) groups excluding carboxylic acids is 2. The van der Waals surface area contributed by atoms with Gasteiger partial charge in [0.1, 0.15) is 0 Å². The van der Waals surface area contributed by atoms with Crippen molar-refractivity contribution in [2.24, 2.45) is 0 Å². The SMILES string of the molecule is CC(=O)c1cccc(NC(=O)CN[C@H](C)c2ccc(Cl)cc2Cl)c1. The molecular weight excluding hydrogens is 347 g/mol. The highest BCUT2D eigenvalue weighted by molar-refractivity contribution is 6.35. The summed E-state index contributed by atoms with van der Waals surface area (Å²) in [6.07, 6.45) is 0. The Morgan fingerprint density at radius 2 is 1.88 bits per heavy atom. The van der Waals surface area contributed by atoms with Crippen LogP contribution in [0.5, 0.6) is 0 Å². The third-order valence-electron chi connectivity index (χ3n) is 3.55. The molecule has 4 nitrogen and oxygen atoms in total. The molecule has 1 atom stereocenters. The summed E-state index contributed by atoms with van der Waals surface area (Å²) in [5, 5.41) is 6.99. The molecule has 2 aromatic rings. The largest absolute Gasteiger partial charge is 0.325 e. The lowest BCUT2D eigenvalue weighted by atomic mass is 10.1. The van der Waals surface area contributed by atoms with E-state index in [1.165, 1.54) is 6.92 Å². The molecule has 0 aromatic heterocycles. The van der Waals surface area contributed by atoms with Crippen molar-refractivity contribution in [1.82, 2.24) is 5.32 Å². The molecule has 2 rings (SSSR count). The van der Waals surface area contributed by atoms with Gasteiger partial charge in [-0.25, -0.2) is 0 Å². The van der Waals surface area contributed by atoms with Crippen LogP contribution in [-0.4, -0.2) is 18.2 Å². The molecular formula is C18H18Cl2N2O2. The van der Waals surface area contributed by atoms with Crippen LogP contribution in [0, 0.1) is 0 Å². The highest BCUT2D eigenvalue weighted by Crippen LogP contribution is 2.25. The lowest BCUT2D eigenvalue weighted by Gasteiger charge is -2.16. The van der Waals surface area contributed by atoms with Crippen molar-refractivity contribution < 1.29 is 9.59 Å². The molecule has 0 aliphatic rings. The Kier molecular flexibility index (Phi) is 6.37. The van der Waals surface area contributed by atoms with Crippen LogP contribution < -0.4 is 10.6 Å². The Morgan fingerprint density at radius 3 is 2.54 bits per heavy atom. The minimum atomic E-state index is -0.201. The Bertz CT molecular complexity index is 762. The summed E-state index contributed by atoms with van der Waals surface area (Å²) in [6, 6.07) is 12.0. The van der Waals surface area contributed by atoms with Crippen molar-refractivity contribution in [3.05, 3.63) is 63.6 Å². The standard InChI is InChI=1S/C18H18Cl2N2O2/c1-11(16-7-6-14(19)9-17(16)20)21-10-18(24)22-15-5-3-4-13(8-15)12(2)23/h3-9,11,21H,10H2,1-2H3,(H,22,24)/t11-/m1/s1. The maximum absolute atomic E-state index is 12.1. The van der Waals surface area contributed by atoms with Crippen molar-refractivity contribution in [2.45, 2.75) is 19.9 Å². The lowest BCUT2D eigenvalue weighted by molar-refractivity contribution is -0.115. The number of hydrogen-bond acceptors (Lipinski definition) is 3. The smallest absolute Gasteiger partial charge is 0.238 e. The second-order valence-electron chi connectivity index (χ2n) is 5.45. The van der Waals surface area contributed by atoms with E-state index < -0.39 is 0 Å². The van der Waals surface area contributed by atoms with Gasteiger partial charge < -0.3 is 10.6 Å². The molecule has 0 spiro atoms. The number of benzene rings is 2. The van der Waals surface area contributed by atoms with E-state index in [0.717, 1.165) is 5.56 Å². The first-order valence-corrected chi connectivity index (χ1v) is 8.21. The fourth-order valence-electron chi connectivity index (χ4n) is 2.23. The highest BCUT2D eigenvalue weighted by atomic mass is 35.5. The van der Waals surface area contributed by atoms with E-state index in [4.69, 9.17) is 23.2 Å². The molecule has 0 fully saturated rings. The minimum Gasteiger partial charge on any atom is -0.325 e. The van der Waals surface area contributed by atoms with Crippen molar-refractivity contribution >= 4 is 40.6 Å². The number of anilines is 1. The number of rotatable bonds is 6. The van der Waals surface area contributed by atoms with Gasteiger partial charge in [0.25, 0.3) is 0 Å². The van der Waals surface area contributed by atoms with Gasteiger partial charge in [0.05, 0.1) is 6.54 Å². The molecule has 0 radical (unpaired) electrons. The number of ketones is 1. The van der Waals surface area contributed by atoms with E-state index in [9.17, 15) is 9.59 Å². The Hall–Kier alpha value is -1.88. The summed E-state index contributed by atoms with van der Waals surface area (Å²) in [6.45, 7) is 3.52. The second kappa shape index (κ2) is 8.29. The number of halogens is 2. The average Bonchev–Trinajstić information content (AvgIpc) is 2.53. The zero-order valence-electron chi connectivity index (χ0n) is 13.4. The fraction of sp³-hybridized carbons (Fsp3) is 0.222. The molecule has 126 valence electrons. The maximum Gasteiger partial charge on any atom is 0.238 e. The minimum absolute atomic E-state index is 0.0461. The molecule has 0 unspecified atom stereocenters. The molecule has 6 heteroatoms. The number of amides is 1. The number of nitrogens with one attached hydrogen (secondary N) is 2. The molecule has 0 heterocycles. The average molecular weight is 365 g/mol. The summed E-state index contributed by atoms with van der Waals surface area (Å²) in [7, 11) is 0. The van der Waals surface area contributed by atoms with E-state index in [-0.39, 0.29) is 24.3 Å². The van der Waals surface area contributed by atoms with Gasteiger partial charge in [-0.15, -0.1) is 0 Å². The van der Waals surface area contributed by atoms with Crippen molar-refractivity contribution in [3.8, 4) is 0 Å². The Balaban J connectivity index is 1.93. The topological polar surface area (TPSA) is 58.2 Å². The zero-order valence-corrected chi connectivity index (χ0v) is 14.9. The Morgan fingerprint density at radius 1 is 1.12 bits per heavy atom.